The number of rotatable bonds is 8. The van der Waals surface area contributed by atoms with Crippen LogP contribution in [-0.4, -0.2) is 39.0 Å². The third-order valence-electron chi connectivity index (χ3n) is 4.18. The van der Waals surface area contributed by atoms with E-state index in [1.165, 1.54) is 4.90 Å². The van der Waals surface area contributed by atoms with Crippen LogP contribution in [0.2, 0.25) is 0 Å². The summed E-state index contributed by atoms with van der Waals surface area (Å²) in [5.74, 6) is -0.210. The Morgan fingerprint density at radius 1 is 1.00 bits per heavy atom. The Morgan fingerprint density at radius 2 is 1.65 bits per heavy atom. The Hall–Kier alpha value is -2.66. The van der Waals surface area contributed by atoms with Crippen LogP contribution >= 0.6 is 0 Å². The minimum absolute atomic E-state index is 0.0410. The van der Waals surface area contributed by atoms with E-state index in [9.17, 15) is 9.59 Å². The molecule has 2 aromatic rings. The van der Waals surface area contributed by atoms with Gasteiger partial charge in [-0.3, -0.25) is 9.59 Å². The van der Waals surface area contributed by atoms with Crippen molar-refractivity contribution in [1.82, 2.24) is 10.6 Å². The second-order valence-corrected chi connectivity index (χ2v) is 6.76. The number of likely N-dealkylation sites (N-methyl/N-ethyl adjacent to an activating group) is 1. The van der Waals surface area contributed by atoms with Crippen molar-refractivity contribution >= 4 is 11.8 Å². The van der Waals surface area contributed by atoms with Gasteiger partial charge in [-0.2, -0.15) is 0 Å². The maximum atomic E-state index is 12.3. The number of carbonyl (C=O) groups excluding carboxylic acids is 2. The molecule has 1 atom stereocenters. The van der Waals surface area contributed by atoms with E-state index in [2.05, 4.69) is 24.7 Å². The van der Waals surface area contributed by atoms with E-state index in [1.54, 1.807) is 6.07 Å². The fraction of sp³-hybridized carbons (Fsp3) is 0.333. The molecule has 0 aliphatic carbocycles. The summed E-state index contributed by atoms with van der Waals surface area (Å²) in [4.78, 5) is 25.8. The van der Waals surface area contributed by atoms with Gasteiger partial charge in [-0.15, -0.1) is 0 Å². The monoisotopic (exact) mass is 354 g/mol. The topological polar surface area (TPSA) is 62.6 Å². The van der Waals surface area contributed by atoms with Gasteiger partial charge >= 0.3 is 0 Å². The lowest BCUT2D eigenvalue weighted by atomic mass is 10.1. The number of benzene rings is 2. The highest BCUT2D eigenvalue weighted by atomic mass is 16.2. The molecule has 138 valence electrons. The first-order chi connectivity index (χ1) is 12.5. The molecule has 0 radical (unpaired) electrons. The molecule has 0 bridgehead atoms. The van der Waals surface area contributed by atoms with Crippen molar-refractivity contribution in [2.24, 2.45) is 0 Å². The molecule has 0 aromatic heterocycles. The maximum absolute atomic E-state index is 12.3. The molecule has 26 heavy (non-hydrogen) atoms. The van der Waals surface area contributed by atoms with Gasteiger partial charge in [0.2, 0.25) is 5.91 Å². The van der Waals surface area contributed by atoms with Crippen LogP contribution in [0, 0.1) is 6.92 Å². The third kappa shape index (κ3) is 6.01. The zero-order valence-corrected chi connectivity index (χ0v) is 15.7. The zero-order valence-electron chi connectivity index (χ0n) is 15.7. The zero-order chi connectivity index (χ0) is 18.9. The number of carbonyl (C=O) groups is 2. The van der Waals surface area contributed by atoms with Crippen LogP contribution in [0.15, 0.2) is 54.6 Å². The summed E-state index contributed by atoms with van der Waals surface area (Å²) in [6, 6.07) is 17.3. The second-order valence-electron chi connectivity index (χ2n) is 6.76. The molecule has 5 heteroatoms. The second kappa shape index (κ2) is 9.73. The highest BCUT2D eigenvalue weighted by Gasteiger charge is 2.17. The van der Waals surface area contributed by atoms with E-state index in [0.717, 1.165) is 17.7 Å². The minimum Gasteiger partial charge on any atom is -0.352 e. The largest absolute Gasteiger partial charge is 0.352 e. The fourth-order valence-corrected chi connectivity index (χ4v) is 2.82. The predicted molar refractivity (Wildman–Crippen MR) is 103 cm³/mol. The number of quaternary nitrogens is 1. The molecule has 2 aromatic carbocycles. The minimum atomic E-state index is -0.145. The van der Waals surface area contributed by atoms with Gasteiger partial charge in [-0.25, -0.2) is 0 Å². The van der Waals surface area contributed by atoms with Gasteiger partial charge in [0.25, 0.3) is 5.91 Å². The molecule has 3 N–H and O–H groups in total. The molecule has 0 heterocycles. The fourth-order valence-electron chi connectivity index (χ4n) is 2.82. The average molecular weight is 354 g/mol. The van der Waals surface area contributed by atoms with Crippen molar-refractivity contribution in [1.29, 1.82) is 0 Å². The number of nitrogens with one attached hydrogen (secondary N) is 3. The number of aryl methyl sites for hydroxylation is 1. The first-order valence-electron chi connectivity index (χ1n) is 8.94. The third-order valence-corrected chi connectivity index (χ3v) is 4.18. The van der Waals surface area contributed by atoms with Crippen molar-refractivity contribution < 1.29 is 14.5 Å². The summed E-state index contributed by atoms with van der Waals surface area (Å²) < 4.78 is 0. The van der Waals surface area contributed by atoms with Gasteiger partial charge in [-0.1, -0.05) is 48.5 Å². The molecule has 0 saturated heterocycles. The standard InChI is InChI=1S/C21H27N3O2/c1-16-9-7-8-12-18(16)21(26)22-14-13-20(25)23-19(15-24(2)3)17-10-5-4-6-11-17/h4-12,19H,13-15H2,1-3H3,(H,22,26)(H,23,25)/p+1/t19-/m0/s1. The Balaban J connectivity index is 1.86. The van der Waals surface area contributed by atoms with Gasteiger partial charge < -0.3 is 15.5 Å². The van der Waals surface area contributed by atoms with Crippen molar-refractivity contribution in [2.45, 2.75) is 19.4 Å². The lowest BCUT2D eigenvalue weighted by Crippen LogP contribution is -3.06. The van der Waals surface area contributed by atoms with Crippen LogP contribution < -0.4 is 15.5 Å². The number of hydrogen-bond acceptors (Lipinski definition) is 2. The Bertz CT molecular complexity index is 729. The Morgan fingerprint density at radius 3 is 2.31 bits per heavy atom. The molecule has 2 rings (SSSR count). The summed E-state index contributed by atoms with van der Waals surface area (Å²) in [5, 5.41) is 5.90. The van der Waals surface area contributed by atoms with E-state index in [1.807, 2.05) is 55.5 Å². The number of amides is 2. The van der Waals surface area contributed by atoms with Gasteiger partial charge in [0.1, 0.15) is 12.6 Å². The normalized spacial score (nSPS) is 11.8. The van der Waals surface area contributed by atoms with Crippen LogP contribution in [0.1, 0.15) is 33.9 Å². The van der Waals surface area contributed by atoms with Gasteiger partial charge in [0.15, 0.2) is 0 Å². The first-order valence-corrected chi connectivity index (χ1v) is 8.94. The van der Waals surface area contributed by atoms with Crippen LogP contribution in [0.3, 0.4) is 0 Å². The SMILES string of the molecule is Cc1ccccc1C(=O)NCCC(=O)N[C@@H](C[NH+](C)C)c1ccccc1. The summed E-state index contributed by atoms with van der Waals surface area (Å²) in [7, 11) is 4.12. The van der Waals surface area contributed by atoms with Crippen molar-refractivity contribution in [3.05, 3.63) is 71.3 Å². The molecule has 0 aliphatic rings. The van der Waals surface area contributed by atoms with E-state index < -0.39 is 0 Å². The van der Waals surface area contributed by atoms with E-state index in [0.29, 0.717) is 12.1 Å². The van der Waals surface area contributed by atoms with Crippen LogP contribution in [0.4, 0.5) is 0 Å². The van der Waals surface area contributed by atoms with Crippen molar-refractivity contribution in [2.75, 3.05) is 27.2 Å². The molecular weight excluding hydrogens is 326 g/mol. The van der Waals surface area contributed by atoms with E-state index in [-0.39, 0.29) is 24.3 Å². The highest BCUT2D eigenvalue weighted by molar-refractivity contribution is 5.95. The Labute approximate surface area is 155 Å². The maximum Gasteiger partial charge on any atom is 0.251 e. The van der Waals surface area contributed by atoms with Crippen molar-refractivity contribution in [3.8, 4) is 0 Å². The number of hydrogen-bond donors (Lipinski definition) is 3. The molecule has 0 fully saturated rings. The summed E-state index contributed by atoms with van der Waals surface area (Å²) in [5.41, 5.74) is 2.66. The van der Waals surface area contributed by atoms with E-state index >= 15 is 0 Å². The molecule has 0 saturated carbocycles. The van der Waals surface area contributed by atoms with Crippen molar-refractivity contribution in [3.63, 3.8) is 0 Å². The summed E-state index contributed by atoms with van der Waals surface area (Å²) in [6.07, 6.45) is 0.254. The summed E-state index contributed by atoms with van der Waals surface area (Å²) in [6.45, 7) is 3.01. The average Bonchev–Trinajstić information content (AvgIpc) is 2.62. The summed E-state index contributed by atoms with van der Waals surface area (Å²) >= 11 is 0. The smallest absolute Gasteiger partial charge is 0.251 e. The molecule has 5 nitrogen and oxygen atoms in total. The highest BCUT2D eigenvalue weighted by Crippen LogP contribution is 2.11. The lowest BCUT2D eigenvalue weighted by molar-refractivity contribution is -0.860. The molecular formula is C21H28N3O2+. The lowest BCUT2D eigenvalue weighted by Gasteiger charge is -2.21. The quantitative estimate of drug-likeness (QED) is 0.665. The Kier molecular flexibility index (Phi) is 7.36. The van der Waals surface area contributed by atoms with Crippen LogP contribution in [0.5, 0.6) is 0 Å². The van der Waals surface area contributed by atoms with Gasteiger partial charge in [0.05, 0.1) is 14.1 Å². The van der Waals surface area contributed by atoms with Crippen LogP contribution in [-0.2, 0) is 4.79 Å². The molecule has 0 aliphatic heterocycles. The van der Waals surface area contributed by atoms with E-state index in [4.69, 9.17) is 0 Å². The first kappa shape index (κ1) is 19.7. The molecule has 2 amide bonds. The van der Waals surface area contributed by atoms with Gasteiger partial charge in [0, 0.05) is 18.5 Å². The predicted octanol–water partition coefficient (Wildman–Crippen LogP) is 1.12. The molecule has 0 spiro atoms. The van der Waals surface area contributed by atoms with Gasteiger partial charge in [-0.05, 0) is 24.1 Å². The molecule has 0 unspecified atom stereocenters. The van der Waals surface area contributed by atoms with Crippen LogP contribution in [0.25, 0.3) is 0 Å².